The molecule has 1 unspecified atom stereocenters. The first-order valence-corrected chi connectivity index (χ1v) is 15.4. The van der Waals surface area contributed by atoms with Gasteiger partial charge in [0.2, 0.25) is 16.9 Å². The Labute approximate surface area is 260 Å². The summed E-state index contributed by atoms with van der Waals surface area (Å²) in [7, 11) is 0. The molecule has 230 valence electrons. The van der Waals surface area contributed by atoms with Crippen LogP contribution in [0.4, 0.5) is 0 Å². The lowest BCUT2D eigenvalue weighted by Gasteiger charge is -2.28. The zero-order valence-electron chi connectivity index (χ0n) is 24.8. The Kier molecular flexibility index (Phi) is 8.15. The number of ether oxygens (including phenoxy) is 5. The standard InChI is InChI=1S/C37H34O8/c38-32-29-20-21-30-36(45-37(44-30,26-11-3-1-4-12-26)27-13-5-2-6-14-27)35(29)43-34(33(32)39)25-16-18-28(19-17-25)40-22-9-10-24-42-31-15-7-8-23-41-31/h1-6,11-14,16-21,31,39H,7-10,15,22-24H2. The zero-order chi connectivity index (χ0) is 30.6. The minimum absolute atomic E-state index is 0.0371. The summed E-state index contributed by atoms with van der Waals surface area (Å²) >= 11 is 0. The van der Waals surface area contributed by atoms with Crippen molar-refractivity contribution in [3.63, 3.8) is 0 Å². The highest BCUT2D eigenvalue weighted by Crippen LogP contribution is 2.51. The minimum atomic E-state index is -1.29. The minimum Gasteiger partial charge on any atom is -0.502 e. The summed E-state index contributed by atoms with van der Waals surface area (Å²) < 4.78 is 36.7. The van der Waals surface area contributed by atoms with E-state index in [0.29, 0.717) is 30.3 Å². The Hall–Kier alpha value is -4.79. The highest BCUT2D eigenvalue weighted by atomic mass is 16.7. The van der Waals surface area contributed by atoms with Crippen LogP contribution in [-0.2, 0) is 15.3 Å². The maximum Gasteiger partial charge on any atom is 0.305 e. The fourth-order valence-electron chi connectivity index (χ4n) is 5.77. The smallest absolute Gasteiger partial charge is 0.305 e. The molecule has 0 radical (unpaired) electrons. The maximum absolute atomic E-state index is 13.4. The normalized spacial score (nSPS) is 16.9. The molecule has 1 N–H and O–H groups in total. The third-order valence-corrected chi connectivity index (χ3v) is 8.13. The molecule has 1 aromatic heterocycles. The lowest BCUT2D eigenvalue weighted by Crippen LogP contribution is -2.36. The van der Waals surface area contributed by atoms with Crippen molar-refractivity contribution in [3.8, 4) is 34.3 Å². The highest BCUT2D eigenvalue weighted by Gasteiger charge is 2.47. The molecule has 5 aromatic rings. The largest absolute Gasteiger partial charge is 0.502 e. The van der Waals surface area contributed by atoms with Crippen molar-refractivity contribution >= 4 is 11.0 Å². The third-order valence-electron chi connectivity index (χ3n) is 8.13. The van der Waals surface area contributed by atoms with E-state index in [1.54, 1.807) is 36.4 Å². The molecule has 0 spiro atoms. The summed E-state index contributed by atoms with van der Waals surface area (Å²) in [4.78, 5) is 13.4. The molecule has 8 nitrogen and oxygen atoms in total. The Bertz CT molecular complexity index is 1770. The molecule has 3 heterocycles. The lowest BCUT2D eigenvalue weighted by atomic mass is 9.97. The lowest BCUT2D eigenvalue weighted by molar-refractivity contribution is -0.162. The van der Waals surface area contributed by atoms with Gasteiger partial charge >= 0.3 is 5.79 Å². The molecule has 0 aliphatic carbocycles. The van der Waals surface area contributed by atoms with Gasteiger partial charge in [0.15, 0.2) is 23.4 Å². The van der Waals surface area contributed by atoms with Gasteiger partial charge in [-0.05, 0) is 68.5 Å². The summed E-state index contributed by atoms with van der Waals surface area (Å²) in [5, 5.41) is 11.1. The highest BCUT2D eigenvalue weighted by molar-refractivity contribution is 5.89. The molecule has 2 aliphatic rings. The Morgan fingerprint density at radius 3 is 2.20 bits per heavy atom. The molecule has 1 atom stereocenters. The Balaban J connectivity index is 1.11. The summed E-state index contributed by atoms with van der Waals surface area (Å²) in [6.45, 7) is 1.96. The second-order valence-corrected chi connectivity index (χ2v) is 11.2. The van der Waals surface area contributed by atoms with Crippen LogP contribution in [0.25, 0.3) is 22.3 Å². The fraction of sp³-hybridized carbons (Fsp3) is 0.270. The zero-order valence-corrected chi connectivity index (χ0v) is 24.8. The average Bonchev–Trinajstić information content (AvgIpc) is 3.51. The van der Waals surface area contributed by atoms with Gasteiger partial charge in [-0.1, -0.05) is 60.7 Å². The van der Waals surface area contributed by atoms with Crippen molar-refractivity contribution in [2.75, 3.05) is 19.8 Å². The van der Waals surface area contributed by atoms with E-state index in [2.05, 4.69) is 0 Å². The second-order valence-electron chi connectivity index (χ2n) is 11.2. The number of aromatic hydroxyl groups is 1. The van der Waals surface area contributed by atoms with Crippen LogP contribution in [0, 0.1) is 0 Å². The molecule has 4 aromatic carbocycles. The molecule has 0 amide bonds. The van der Waals surface area contributed by atoms with Crippen LogP contribution in [0.3, 0.4) is 0 Å². The van der Waals surface area contributed by atoms with E-state index in [0.717, 1.165) is 49.8 Å². The molecular formula is C37H34O8. The van der Waals surface area contributed by atoms with Gasteiger partial charge in [0.1, 0.15) is 5.75 Å². The molecule has 1 fully saturated rings. The molecule has 2 aliphatic heterocycles. The average molecular weight is 607 g/mol. The van der Waals surface area contributed by atoms with E-state index in [1.807, 2.05) is 60.7 Å². The van der Waals surface area contributed by atoms with Crippen molar-refractivity contribution in [2.24, 2.45) is 0 Å². The molecule has 0 saturated carbocycles. The van der Waals surface area contributed by atoms with E-state index >= 15 is 0 Å². The van der Waals surface area contributed by atoms with Crippen LogP contribution in [0.2, 0.25) is 0 Å². The number of benzene rings is 4. The molecular weight excluding hydrogens is 572 g/mol. The molecule has 45 heavy (non-hydrogen) atoms. The van der Waals surface area contributed by atoms with Crippen molar-refractivity contribution in [3.05, 3.63) is 118 Å². The van der Waals surface area contributed by atoms with Crippen LogP contribution in [0.5, 0.6) is 23.0 Å². The van der Waals surface area contributed by atoms with E-state index in [1.165, 1.54) is 0 Å². The fourth-order valence-corrected chi connectivity index (χ4v) is 5.77. The number of fused-ring (bicyclic) bond motifs is 3. The van der Waals surface area contributed by atoms with Crippen LogP contribution < -0.4 is 19.6 Å². The number of rotatable bonds is 10. The van der Waals surface area contributed by atoms with Crippen LogP contribution in [0.15, 0.2) is 106 Å². The quantitative estimate of drug-likeness (QED) is 0.163. The monoisotopic (exact) mass is 606 g/mol. The third kappa shape index (κ3) is 5.75. The van der Waals surface area contributed by atoms with Gasteiger partial charge in [0.25, 0.3) is 0 Å². The van der Waals surface area contributed by atoms with Crippen LogP contribution in [0.1, 0.15) is 43.2 Å². The Morgan fingerprint density at radius 2 is 1.51 bits per heavy atom. The van der Waals surface area contributed by atoms with Gasteiger partial charge in [0, 0.05) is 29.9 Å². The van der Waals surface area contributed by atoms with Gasteiger partial charge in [-0.2, -0.15) is 0 Å². The first-order valence-electron chi connectivity index (χ1n) is 15.4. The summed E-state index contributed by atoms with van der Waals surface area (Å²) in [6, 6.07) is 29.6. The molecule has 8 heteroatoms. The number of unbranched alkanes of at least 4 members (excludes halogenated alkanes) is 1. The van der Waals surface area contributed by atoms with Gasteiger partial charge < -0.3 is 33.2 Å². The van der Waals surface area contributed by atoms with Crippen molar-refractivity contribution in [1.82, 2.24) is 0 Å². The van der Waals surface area contributed by atoms with Crippen LogP contribution in [-0.4, -0.2) is 31.2 Å². The van der Waals surface area contributed by atoms with Gasteiger partial charge in [-0.3, -0.25) is 4.79 Å². The SMILES string of the molecule is O=c1c(O)c(-c2ccc(OCCCCOC3CCCCO3)cc2)oc2c3c(ccc12)OC(c1ccccc1)(c1ccccc1)O3. The van der Waals surface area contributed by atoms with E-state index in [4.69, 9.17) is 28.1 Å². The van der Waals surface area contributed by atoms with Gasteiger partial charge in [0.05, 0.1) is 12.0 Å². The van der Waals surface area contributed by atoms with Gasteiger partial charge in [-0.25, -0.2) is 0 Å². The first kappa shape index (κ1) is 29.0. The summed E-state index contributed by atoms with van der Waals surface area (Å²) in [5.74, 6) is -0.340. The Morgan fingerprint density at radius 1 is 0.800 bits per heavy atom. The summed E-state index contributed by atoms with van der Waals surface area (Å²) in [6.07, 6.45) is 4.86. The molecule has 1 saturated heterocycles. The summed E-state index contributed by atoms with van der Waals surface area (Å²) in [5.41, 5.74) is 1.72. The second kappa shape index (κ2) is 12.7. The topological polar surface area (TPSA) is 96.6 Å². The van der Waals surface area contributed by atoms with E-state index < -0.39 is 17.0 Å². The predicted octanol–water partition coefficient (Wildman–Crippen LogP) is 7.54. The predicted molar refractivity (Wildman–Crippen MR) is 169 cm³/mol. The maximum atomic E-state index is 13.4. The molecule has 0 bridgehead atoms. The molecule has 7 rings (SSSR count). The van der Waals surface area contributed by atoms with Crippen molar-refractivity contribution in [1.29, 1.82) is 0 Å². The van der Waals surface area contributed by atoms with E-state index in [-0.39, 0.29) is 28.8 Å². The van der Waals surface area contributed by atoms with Crippen molar-refractivity contribution in [2.45, 2.75) is 44.2 Å². The first-order chi connectivity index (χ1) is 22.1. The van der Waals surface area contributed by atoms with Crippen LogP contribution >= 0.6 is 0 Å². The number of hydrogen-bond donors (Lipinski definition) is 1. The van der Waals surface area contributed by atoms with Gasteiger partial charge in [-0.15, -0.1) is 0 Å². The number of hydrogen-bond acceptors (Lipinski definition) is 8. The van der Waals surface area contributed by atoms with Crippen molar-refractivity contribution < 1.29 is 33.2 Å². The van der Waals surface area contributed by atoms with E-state index in [9.17, 15) is 9.90 Å².